The molecule has 1 aromatic carbocycles. The lowest BCUT2D eigenvalue weighted by molar-refractivity contribution is -0.116. The van der Waals surface area contributed by atoms with E-state index in [1.807, 2.05) is 12.1 Å². The van der Waals surface area contributed by atoms with Gasteiger partial charge in [0.2, 0.25) is 5.91 Å². The molecule has 0 radical (unpaired) electrons. The van der Waals surface area contributed by atoms with Crippen molar-refractivity contribution >= 4 is 11.6 Å². The first-order chi connectivity index (χ1) is 10.3. The largest absolute Gasteiger partial charge is 0.326 e. The van der Waals surface area contributed by atoms with Crippen LogP contribution in [0.2, 0.25) is 0 Å². The number of nitrogens with one attached hydrogen (secondary N) is 1. The topological polar surface area (TPSA) is 29.1 Å². The highest BCUT2D eigenvalue weighted by molar-refractivity contribution is 5.90. The lowest BCUT2D eigenvalue weighted by Gasteiger charge is -2.07. The average molecular weight is 289 g/mol. The normalized spacial score (nSPS) is 10.6. The minimum atomic E-state index is 0.144. The van der Waals surface area contributed by atoms with E-state index < -0.39 is 0 Å². The van der Waals surface area contributed by atoms with Crippen molar-refractivity contribution in [2.45, 2.75) is 78.1 Å². The molecule has 0 aromatic heterocycles. The summed E-state index contributed by atoms with van der Waals surface area (Å²) in [5.74, 6) is 0.144. The van der Waals surface area contributed by atoms with Gasteiger partial charge in [0, 0.05) is 12.1 Å². The van der Waals surface area contributed by atoms with Crippen LogP contribution in [0.15, 0.2) is 24.3 Å². The molecule has 2 nitrogen and oxygen atoms in total. The van der Waals surface area contributed by atoms with Crippen LogP contribution in [0, 0.1) is 0 Å². The Morgan fingerprint density at radius 1 is 0.857 bits per heavy atom. The predicted octanol–water partition coefficient (Wildman–Crippen LogP) is 5.72. The van der Waals surface area contributed by atoms with Gasteiger partial charge in [-0.1, -0.05) is 64.5 Å². The Hall–Kier alpha value is -1.31. The Bertz CT molecular complexity index is 383. The molecule has 1 rings (SSSR count). The van der Waals surface area contributed by atoms with Crippen LogP contribution < -0.4 is 5.32 Å². The molecule has 0 fully saturated rings. The summed E-state index contributed by atoms with van der Waals surface area (Å²) in [5, 5.41) is 2.99. The number of hydrogen-bond donors (Lipinski definition) is 1. The van der Waals surface area contributed by atoms with Gasteiger partial charge in [-0.25, -0.2) is 0 Å². The maximum Gasteiger partial charge on any atom is 0.224 e. The van der Waals surface area contributed by atoms with E-state index in [0.29, 0.717) is 6.42 Å². The fraction of sp³-hybridized carbons (Fsp3) is 0.632. The van der Waals surface area contributed by atoms with Crippen molar-refractivity contribution in [2.75, 3.05) is 5.32 Å². The Morgan fingerprint density at radius 3 is 2.14 bits per heavy atom. The molecule has 0 aliphatic carbocycles. The molecule has 0 saturated heterocycles. The summed E-state index contributed by atoms with van der Waals surface area (Å²) in [5.41, 5.74) is 2.29. The van der Waals surface area contributed by atoms with Gasteiger partial charge >= 0.3 is 0 Å². The van der Waals surface area contributed by atoms with Crippen LogP contribution in [-0.4, -0.2) is 5.91 Å². The maximum atomic E-state index is 11.8. The van der Waals surface area contributed by atoms with Crippen molar-refractivity contribution in [3.8, 4) is 0 Å². The first kappa shape index (κ1) is 17.7. The Labute approximate surface area is 130 Å². The Balaban J connectivity index is 2.23. The highest BCUT2D eigenvalue weighted by atomic mass is 16.1. The first-order valence-corrected chi connectivity index (χ1v) is 8.65. The van der Waals surface area contributed by atoms with Crippen molar-refractivity contribution in [1.82, 2.24) is 0 Å². The second-order valence-electron chi connectivity index (χ2n) is 5.87. The minimum absolute atomic E-state index is 0.144. The third kappa shape index (κ3) is 8.54. The number of hydrogen-bond acceptors (Lipinski definition) is 1. The predicted molar refractivity (Wildman–Crippen MR) is 91.7 cm³/mol. The summed E-state index contributed by atoms with van der Waals surface area (Å²) in [4.78, 5) is 11.8. The summed E-state index contributed by atoms with van der Waals surface area (Å²) in [6.07, 6.45) is 11.5. The maximum absolute atomic E-state index is 11.8. The summed E-state index contributed by atoms with van der Waals surface area (Å²) < 4.78 is 0. The lowest BCUT2D eigenvalue weighted by atomic mass is 10.1. The summed E-state index contributed by atoms with van der Waals surface area (Å²) in [7, 11) is 0. The van der Waals surface area contributed by atoms with E-state index >= 15 is 0 Å². The third-order valence-electron chi connectivity index (χ3n) is 3.81. The molecule has 0 unspecified atom stereocenters. The SMILES string of the molecule is CCCCCCCC(=O)Nc1ccc(CCCCC)cc1. The van der Waals surface area contributed by atoms with Crippen molar-refractivity contribution < 1.29 is 4.79 Å². The van der Waals surface area contributed by atoms with Gasteiger partial charge in [0.1, 0.15) is 0 Å². The van der Waals surface area contributed by atoms with Crippen LogP contribution in [0.1, 0.15) is 77.2 Å². The van der Waals surface area contributed by atoms with E-state index in [2.05, 4.69) is 31.3 Å². The van der Waals surface area contributed by atoms with Gasteiger partial charge in [-0.2, -0.15) is 0 Å². The number of amides is 1. The van der Waals surface area contributed by atoms with Crippen molar-refractivity contribution in [3.05, 3.63) is 29.8 Å². The summed E-state index contributed by atoms with van der Waals surface area (Å²) in [6, 6.07) is 8.31. The summed E-state index contributed by atoms with van der Waals surface area (Å²) in [6.45, 7) is 4.43. The molecule has 118 valence electrons. The molecule has 0 saturated carbocycles. The van der Waals surface area contributed by atoms with Gasteiger partial charge in [-0.3, -0.25) is 4.79 Å². The highest BCUT2D eigenvalue weighted by Crippen LogP contribution is 2.13. The zero-order valence-corrected chi connectivity index (χ0v) is 13.8. The van der Waals surface area contributed by atoms with Gasteiger partial charge in [0.25, 0.3) is 0 Å². The number of unbranched alkanes of at least 4 members (excludes halogenated alkanes) is 6. The standard InChI is InChI=1S/C19H31NO/c1-3-5-7-8-10-12-19(21)20-18-15-13-17(14-16-18)11-9-6-4-2/h13-16H,3-12H2,1-2H3,(H,20,21). The molecular weight excluding hydrogens is 258 g/mol. The average Bonchev–Trinajstić information content (AvgIpc) is 2.49. The van der Waals surface area contributed by atoms with Crippen LogP contribution in [-0.2, 0) is 11.2 Å². The lowest BCUT2D eigenvalue weighted by Crippen LogP contribution is -2.10. The zero-order chi connectivity index (χ0) is 15.3. The molecule has 0 aliphatic rings. The van der Waals surface area contributed by atoms with Gasteiger partial charge in [-0.15, -0.1) is 0 Å². The fourth-order valence-electron chi connectivity index (χ4n) is 2.45. The zero-order valence-electron chi connectivity index (χ0n) is 13.8. The van der Waals surface area contributed by atoms with E-state index in [1.54, 1.807) is 0 Å². The van der Waals surface area contributed by atoms with Crippen LogP contribution in [0.25, 0.3) is 0 Å². The molecule has 0 spiro atoms. The molecule has 1 amide bonds. The third-order valence-corrected chi connectivity index (χ3v) is 3.81. The van der Waals surface area contributed by atoms with Crippen molar-refractivity contribution in [3.63, 3.8) is 0 Å². The quantitative estimate of drug-likeness (QED) is 0.519. The van der Waals surface area contributed by atoms with E-state index in [1.165, 1.54) is 44.1 Å². The molecule has 2 heteroatoms. The Morgan fingerprint density at radius 2 is 1.48 bits per heavy atom. The van der Waals surface area contributed by atoms with Gasteiger partial charge in [-0.05, 0) is 37.0 Å². The molecule has 1 N–H and O–H groups in total. The van der Waals surface area contributed by atoms with Crippen LogP contribution in [0.4, 0.5) is 5.69 Å². The van der Waals surface area contributed by atoms with E-state index in [4.69, 9.17) is 0 Å². The van der Waals surface area contributed by atoms with Crippen molar-refractivity contribution in [1.29, 1.82) is 0 Å². The second kappa shape index (κ2) is 11.4. The fourth-order valence-corrected chi connectivity index (χ4v) is 2.45. The van der Waals surface area contributed by atoms with Crippen LogP contribution in [0.5, 0.6) is 0 Å². The van der Waals surface area contributed by atoms with Crippen LogP contribution >= 0.6 is 0 Å². The first-order valence-electron chi connectivity index (χ1n) is 8.65. The number of carbonyl (C=O) groups excluding carboxylic acids is 1. The molecule has 0 aliphatic heterocycles. The molecule has 0 atom stereocenters. The molecule has 1 aromatic rings. The highest BCUT2D eigenvalue weighted by Gasteiger charge is 2.02. The molecule has 21 heavy (non-hydrogen) atoms. The number of carbonyl (C=O) groups is 1. The van der Waals surface area contributed by atoms with Crippen molar-refractivity contribution in [2.24, 2.45) is 0 Å². The number of benzene rings is 1. The number of rotatable bonds is 11. The molecule has 0 bridgehead atoms. The Kier molecular flexibility index (Phi) is 9.60. The number of aryl methyl sites for hydroxylation is 1. The smallest absolute Gasteiger partial charge is 0.224 e. The van der Waals surface area contributed by atoms with E-state index in [9.17, 15) is 4.79 Å². The minimum Gasteiger partial charge on any atom is -0.326 e. The molecular formula is C19H31NO. The second-order valence-corrected chi connectivity index (χ2v) is 5.87. The van der Waals surface area contributed by atoms with Gasteiger partial charge < -0.3 is 5.32 Å². The van der Waals surface area contributed by atoms with E-state index in [-0.39, 0.29) is 5.91 Å². The molecule has 0 heterocycles. The number of anilines is 1. The van der Waals surface area contributed by atoms with Gasteiger partial charge in [0.15, 0.2) is 0 Å². The van der Waals surface area contributed by atoms with Crippen LogP contribution in [0.3, 0.4) is 0 Å². The van der Waals surface area contributed by atoms with Gasteiger partial charge in [0.05, 0.1) is 0 Å². The summed E-state index contributed by atoms with van der Waals surface area (Å²) >= 11 is 0. The van der Waals surface area contributed by atoms with E-state index in [0.717, 1.165) is 24.9 Å². The monoisotopic (exact) mass is 289 g/mol.